The minimum atomic E-state index is 0.119. The summed E-state index contributed by atoms with van der Waals surface area (Å²) >= 11 is 3.64. The quantitative estimate of drug-likeness (QED) is 0.840. The van der Waals surface area contributed by atoms with Crippen molar-refractivity contribution in [3.63, 3.8) is 0 Å². The molecule has 0 aromatic heterocycles. The Hall–Kier alpha value is -0.620. The summed E-state index contributed by atoms with van der Waals surface area (Å²) in [6, 6.07) is 0.592. The Morgan fingerprint density at radius 3 is 3.09 bits per heavy atom. The molecule has 0 aromatic rings. The molecule has 0 saturated heterocycles. The van der Waals surface area contributed by atoms with E-state index < -0.39 is 0 Å². The number of nitrogens with one attached hydrogen (secondary N) is 1. The van der Waals surface area contributed by atoms with E-state index in [-0.39, 0.29) is 5.54 Å². The highest BCUT2D eigenvalue weighted by molar-refractivity contribution is 8.17. The predicted molar refractivity (Wildman–Crippen MR) is 97.5 cm³/mol. The molecule has 0 amide bonds. The molecule has 0 radical (unpaired) electrons. The zero-order valence-corrected chi connectivity index (χ0v) is 15.0. The van der Waals surface area contributed by atoms with Crippen LogP contribution in [0.2, 0.25) is 0 Å². The third-order valence-corrected chi connectivity index (χ3v) is 6.73. The van der Waals surface area contributed by atoms with Crippen molar-refractivity contribution in [1.82, 2.24) is 10.2 Å². The van der Waals surface area contributed by atoms with E-state index in [2.05, 4.69) is 34.5 Å². The summed E-state index contributed by atoms with van der Waals surface area (Å²) in [5.74, 6) is 1.76. The summed E-state index contributed by atoms with van der Waals surface area (Å²) in [7, 11) is 0. The Morgan fingerprint density at radius 1 is 1.41 bits per heavy atom. The molecule has 4 nitrogen and oxygen atoms in total. The Labute approximate surface area is 141 Å². The lowest BCUT2D eigenvalue weighted by Crippen LogP contribution is -2.42. The largest absolute Gasteiger partial charge is 0.358 e. The van der Waals surface area contributed by atoms with E-state index in [9.17, 15) is 0 Å². The van der Waals surface area contributed by atoms with E-state index in [1.807, 2.05) is 23.5 Å². The van der Waals surface area contributed by atoms with Crippen LogP contribution in [0.15, 0.2) is 21.1 Å². The molecule has 1 N–H and O–H groups in total. The molecule has 0 spiro atoms. The number of nitrogens with zero attached hydrogens (tertiary/aromatic N) is 3. The summed E-state index contributed by atoms with van der Waals surface area (Å²) in [6.07, 6.45) is 5.39. The molecule has 1 aliphatic carbocycles. The van der Waals surface area contributed by atoms with Crippen LogP contribution < -0.4 is 5.32 Å². The molecule has 0 bridgehead atoms. The number of thioether (sulfide) groups is 2. The second-order valence-electron chi connectivity index (χ2n) is 7.28. The van der Waals surface area contributed by atoms with Crippen molar-refractivity contribution >= 4 is 33.9 Å². The van der Waals surface area contributed by atoms with Crippen molar-refractivity contribution in [3.05, 3.63) is 11.1 Å². The van der Waals surface area contributed by atoms with E-state index >= 15 is 0 Å². The first kappa shape index (κ1) is 14.9. The van der Waals surface area contributed by atoms with E-state index in [0.29, 0.717) is 6.04 Å². The molecule has 4 rings (SSSR count). The number of fused-ring (bicyclic) bond motifs is 2. The zero-order chi connectivity index (χ0) is 15.2. The number of hydrogen-bond acceptors (Lipinski definition) is 6. The molecular formula is C16H24N4S2. The Balaban J connectivity index is 1.38. The maximum absolute atomic E-state index is 5.02. The van der Waals surface area contributed by atoms with Gasteiger partial charge in [-0.05, 0) is 38.0 Å². The van der Waals surface area contributed by atoms with Crippen molar-refractivity contribution in [2.45, 2.75) is 51.1 Å². The van der Waals surface area contributed by atoms with Gasteiger partial charge in [-0.25, -0.2) is 0 Å². The normalized spacial score (nSPS) is 32.6. The van der Waals surface area contributed by atoms with Crippen LogP contribution in [0.4, 0.5) is 0 Å². The second-order valence-corrected chi connectivity index (χ2v) is 9.08. The van der Waals surface area contributed by atoms with Crippen molar-refractivity contribution in [1.29, 1.82) is 0 Å². The minimum absolute atomic E-state index is 0.119. The smallest absolute Gasteiger partial charge is 0.168 e. The molecule has 6 heteroatoms. The fourth-order valence-electron chi connectivity index (χ4n) is 3.59. The van der Waals surface area contributed by atoms with Crippen LogP contribution in [0.3, 0.4) is 0 Å². The van der Waals surface area contributed by atoms with Crippen molar-refractivity contribution in [2.24, 2.45) is 15.9 Å². The summed E-state index contributed by atoms with van der Waals surface area (Å²) < 4.78 is 0. The Bertz CT molecular complexity index is 552. The third-order valence-electron chi connectivity index (χ3n) is 4.86. The summed E-state index contributed by atoms with van der Waals surface area (Å²) in [4.78, 5) is 12.1. The Kier molecular flexibility index (Phi) is 3.93. The van der Waals surface area contributed by atoms with Gasteiger partial charge in [0.1, 0.15) is 0 Å². The highest BCUT2D eigenvalue weighted by Crippen LogP contribution is 2.38. The third kappa shape index (κ3) is 2.92. The molecule has 1 fully saturated rings. The Morgan fingerprint density at radius 2 is 2.27 bits per heavy atom. The van der Waals surface area contributed by atoms with Crippen LogP contribution >= 0.6 is 23.5 Å². The first-order valence-corrected chi connectivity index (χ1v) is 10.1. The number of amidine groups is 2. The highest BCUT2D eigenvalue weighted by atomic mass is 32.2. The first-order chi connectivity index (χ1) is 10.6. The van der Waals surface area contributed by atoms with Crippen LogP contribution in [-0.4, -0.2) is 45.7 Å². The number of aliphatic imine (C=N–C) groups is 2. The van der Waals surface area contributed by atoms with E-state index in [0.717, 1.165) is 23.4 Å². The summed E-state index contributed by atoms with van der Waals surface area (Å²) in [5, 5.41) is 8.13. The van der Waals surface area contributed by atoms with E-state index in [1.165, 1.54) is 43.1 Å². The molecular weight excluding hydrogens is 312 g/mol. The molecule has 0 aromatic carbocycles. The van der Waals surface area contributed by atoms with Crippen LogP contribution in [0.5, 0.6) is 0 Å². The average Bonchev–Trinajstić information content (AvgIpc) is 3.05. The summed E-state index contributed by atoms with van der Waals surface area (Å²) in [5.41, 5.74) is 1.53. The zero-order valence-electron chi connectivity index (χ0n) is 13.3. The monoisotopic (exact) mass is 336 g/mol. The number of rotatable bonds is 2. The van der Waals surface area contributed by atoms with E-state index in [1.54, 1.807) is 0 Å². The van der Waals surface area contributed by atoms with Gasteiger partial charge in [-0.15, -0.1) is 0 Å². The van der Waals surface area contributed by atoms with Gasteiger partial charge >= 0.3 is 0 Å². The van der Waals surface area contributed by atoms with Gasteiger partial charge in [-0.3, -0.25) is 9.98 Å². The van der Waals surface area contributed by atoms with Gasteiger partial charge in [0.2, 0.25) is 0 Å². The standard InChI is InChI=1S/C16H24N4S2/c1-16(2)10-17-14(19-16)21-8-12-9-22-15-18-13-6-4-3-5-11(13)7-20(12)15/h9,11,13H,3-8,10H2,1-2H3,(H,17,19)/t11-,13-/m1/s1. The first-order valence-electron chi connectivity index (χ1n) is 8.27. The fourth-order valence-corrected chi connectivity index (χ4v) is 5.69. The van der Waals surface area contributed by atoms with Crippen LogP contribution in [-0.2, 0) is 0 Å². The van der Waals surface area contributed by atoms with E-state index in [4.69, 9.17) is 4.99 Å². The van der Waals surface area contributed by atoms with Crippen molar-refractivity contribution in [2.75, 3.05) is 18.8 Å². The van der Waals surface area contributed by atoms with Gasteiger partial charge in [0, 0.05) is 18.0 Å². The topological polar surface area (TPSA) is 40.0 Å². The summed E-state index contributed by atoms with van der Waals surface area (Å²) in [6.45, 7) is 6.46. The van der Waals surface area contributed by atoms with Gasteiger partial charge in [0.25, 0.3) is 0 Å². The van der Waals surface area contributed by atoms with Crippen LogP contribution in [0.25, 0.3) is 0 Å². The van der Waals surface area contributed by atoms with Gasteiger partial charge in [0.15, 0.2) is 10.3 Å². The number of hydrogen-bond donors (Lipinski definition) is 1. The lowest BCUT2D eigenvalue weighted by atomic mass is 9.84. The highest BCUT2D eigenvalue weighted by Gasteiger charge is 2.36. The van der Waals surface area contributed by atoms with Gasteiger partial charge < -0.3 is 10.2 Å². The molecule has 3 heterocycles. The predicted octanol–water partition coefficient (Wildman–Crippen LogP) is 3.28. The van der Waals surface area contributed by atoms with Crippen molar-refractivity contribution < 1.29 is 0 Å². The molecule has 4 aliphatic rings. The lowest BCUT2D eigenvalue weighted by Gasteiger charge is -2.38. The lowest BCUT2D eigenvalue weighted by molar-refractivity contribution is 0.248. The fraction of sp³-hybridized carbons (Fsp3) is 0.750. The van der Waals surface area contributed by atoms with Gasteiger partial charge in [-0.1, -0.05) is 36.4 Å². The molecule has 120 valence electrons. The van der Waals surface area contributed by atoms with Crippen LogP contribution in [0.1, 0.15) is 39.5 Å². The SMILES string of the molecule is CC1(C)CN=C(SCC2=CSC3=N[C@@H]4CCCC[C@@H]4CN23)N1. The second kappa shape index (κ2) is 5.78. The molecule has 2 atom stereocenters. The van der Waals surface area contributed by atoms with Gasteiger partial charge in [-0.2, -0.15) is 0 Å². The average molecular weight is 337 g/mol. The molecule has 3 aliphatic heterocycles. The molecule has 1 saturated carbocycles. The maximum atomic E-state index is 5.02. The van der Waals surface area contributed by atoms with Gasteiger partial charge in [0.05, 0.1) is 18.1 Å². The maximum Gasteiger partial charge on any atom is 0.168 e. The molecule has 0 unspecified atom stereocenters. The molecule has 22 heavy (non-hydrogen) atoms. The minimum Gasteiger partial charge on any atom is -0.358 e. The van der Waals surface area contributed by atoms with Crippen LogP contribution in [0, 0.1) is 5.92 Å². The van der Waals surface area contributed by atoms with Crippen molar-refractivity contribution in [3.8, 4) is 0 Å².